The van der Waals surface area contributed by atoms with E-state index in [1.807, 2.05) is 0 Å². The molecule has 1 atom stereocenters. The highest BCUT2D eigenvalue weighted by atomic mass is 15.1. The van der Waals surface area contributed by atoms with E-state index < -0.39 is 0 Å². The van der Waals surface area contributed by atoms with Gasteiger partial charge in [-0.1, -0.05) is 152 Å². The third-order valence-electron chi connectivity index (χ3n) is 10.3. The molecule has 0 bridgehead atoms. The second-order valence-corrected chi connectivity index (χ2v) is 13.4. The van der Waals surface area contributed by atoms with Crippen LogP contribution in [0.2, 0.25) is 0 Å². The van der Waals surface area contributed by atoms with Crippen molar-refractivity contribution in [2.75, 3.05) is 23.4 Å². The number of rotatable bonds is 7. The van der Waals surface area contributed by atoms with Crippen molar-refractivity contribution >= 4 is 71.4 Å². The molecule has 1 aliphatic rings. The third kappa shape index (κ3) is 5.40. The predicted octanol–water partition coefficient (Wildman–Crippen LogP) is 12.9. The molecule has 0 heterocycles. The topological polar surface area (TPSA) is 6.48 Å². The first-order chi connectivity index (χ1) is 24.7. The maximum Gasteiger partial charge on any atom is 0.0567 e. The number of anilines is 4. The molecule has 50 heavy (non-hydrogen) atoms. The van der Waals surface area contributed by atoms with Crippen molar-refractivity contribution in [3.63, 3.8) is 0 Å². The minimum atomic E-state index is 0.345. The molecule has 2 nitrogen and oxygen atoms in total. The highest BCUT2D eigenvalue weighted by Gasteiger charge is 2.21. The summed E-state index contributed by atoms with van der Waals surface area (Å²) in [6.45, 7) is 0.880. The van der Waals surface area contributed by atoms with Crippen molar-refractivity contribution < 1.29 is 0 Å². The minimum absolute atomic E-state index is 0.345. The molecule has 8 aromatic rings. The van der Waals surface area contributed by atoms with Gasteiger partial charge in [-0.2, -0.15) is 0 Å². The molecule has 9 rings (SSSR count). The molecule has 1 aliphatic carbocycles. The van der Waals surface area contributed by atoms with Crippen LogP contribution >= 0.6 is 0 Å². The highest BCUT2D eigenvalue weighted by molar-refractivity contribution is 6.12. The lowest BCUT2D eigenvalue weighted by atomic mass is 9.91. The molecule has 0 fully saturated rings. The average Bonchev–Trinajstić information content (AvgIpc) is 3.18. The SMILES string of the molecule is CN(c1ccc(C2=CC(CN(c3cccc4ccccc34)c3cccc4ccccc34)CC=C2)cc1)c1c2ccccc2cc2ccccc12. The molecule has 0 spiro atoms. The molecule has 0 saturated heterocycles. The Kier molecular flexibility index (Phi) is 7.63. The molecule has 0 amide bonds. The summed E-state index contributed by atoms with van der Waals surface area (Å²) >= 11 is 0. The van der Waals surface area contributed by atoms with Crippen LogP contribution in [0.5, 0.6) is 0 Å². The molecular formula is C48H38N2. The lowest BCUT2D eigenvalue weighted by molar-refractivity contribution is 0.661. The Bertz CT molecular complexity index is 2430. The monoisotopic (exact) mass is 642 g/mol. The summed E-state index contributed by atoms with van der Waals surface area (Å²) in [5.41, 5.74) is 7.43. The summed E-state index contributed by atoms with van der Waals surface area (Å²) in [5, 5.41) is 10.1. The van der Waals surface area contributed by atoms with E-state index in [4.69, 9.17) is 0 Å². The van der Waals surface area contributed by atoms with Crippen LogP contribution in [0.25, 0.3) is 48.7 Å². The van der Waals surface area contributed by atoms with E-state index >= 15 is 0 Å². The standard InChI is InChI=1S/C48H38N2/c1-49(48-44-23-8-4-16-39(44)32-40-17-5-9-24-45(40)48)41-29-27-35(28-30-41)38-20-10-13-34(31-38)33-50(46-25-11-18-36-14-2-6-21-42(36)46)47-26-12-19-37-15-3-7-22-43(37)47/h2-12,14-32,34H,13,33H2,1H3. The smallest absolute Gasteiger partial charge is 0.0567 e. The van der Waals surface area contributed by atoms with Gasteiger partial charge in [-0.25, -0.2) is 0 Å². The van der Waals surface area contributed by atoms with Gasteiger partial charge in [-0.3, -0.25) is 0 Å². The van der Waals surface area contributed by atoms with Crippen LogP contribution in [0.1, 0.15) is 12.0 Å². The quantitative estimate of drug-likeness (QED) is 0.160. The van der Waals surface area contributed by atoms with Gasteiger partial charge < -0.3 is 9.80 Å². The van der Waals surface area contributed by atoms with Crippen LogP contribution in [-0.2, 0) is 0 Å². The van der Waals surface area contributed by atoms with Gasteiger partial charge in [0.15, 0.2) is 0 Å². The summed E-state index contributed by atoms with van der Waals surface area (Å²) in [5.74, 6) is 0.345. The maximum atomic E-state index is 2.55. The van der Waals surface area contributed by atoms with Crippen LogP contribution < -0.4 is 9.80 Å². The van der Waals surface area contributed by atoms with Gasteiger partial charge in [0.25, 0.3) is 0 Å². The zero-order valence-electron chi connectivity index (χ0n) is 28.2. The van der Waals surface area contributed by atoms with Crippen LogP contribution in [0, 0.1) is 5.92 Å². The first-order valence-corrected chi connectivity index (χ1v) is 17.6. The van der Waals surface area contributed by atoms with Gasteiger partial charge in [-0.15, -0.1) is 0 Å². The molecule has 240 valence electrons. The molecular weight excluding hydrogens is 605 g/mol. The van der Waals surface area contributed by atoms with Gasteiger partial charge in [0.1, 0.15) is 0 Å². The number of hydrogen-bond acceptors (Lipinski definition) is 2. The van der Waals surface area contributed by atoms with Crippen molar-refractivity contribution in [2.45, 2.75) is 6.42 Å². The van der Waals surface area contributed by atoms with E-state index in [2.05, 4.69) is 199 Å². The second-order valence-electron chi connectivity index (χ2n) is 13.4. The Morgan fingerprint density at radius 2 is 1.02 bits per heavy atom. The average molecular weight is 643 g/mol. The van der Waals surface area contributed by atoms with E-state index in [-0.39, 0.29) is 0 Å². The van der Waals surface area contributed by atoms with Crippen molar-refractivity contribution in [2.24, 2.45) is 5.92 Å². The molecule has 1 unspecified atom stereocenters. The normalized spacial score (nSPS) is 14.3. The van der Waals surface area contributed by atoms with E-state index in [0.29, 0.717) is 5.92 Å². The van der Waals surface area contributed by atoms with Gasteiger partial charge in [0, 0.05) is 52.2 Å². The zero-order valence-corrected chi connectivity index (χ0v) is 28.2. The fraction of sp³-hybridized carbons (Fsp3) is 0.0833. The lowest BCUT2D eigenvalue weighted by Gasteiger charge is -2.31. The Morgan fingerprint density at radius 3 is 1.60 bits per heavy atom. The maximum absolute atomic E-state index is 2.55. The third-order valence-corrected chi connectivity index (χ3v) is 10.3. The molecule has 0 saturated carbocycles. The van der Waals surface area contributed by atoms with Crippen LogP contribution in [0.4, 0.5) is 22.7 Å². The number of nitrogens with zero attached hydrogens (tertiary/aromatic N) is 2. The summed E-state index contributed by atoms with van der Waals surface area (Å²) < 4.78 is 0. The highest BCUT2D eigenvalue weighted by Crippen LogP contribution is 2.40. The Hall–Kier alpha value is -6.12. The molecule has 0 N–H and O–H groups in total. The molecule has 8 aromatic carbocycles. The second kappa shape index (κ2) is 12.7. The van der Waals surface area contributed by atoms with E-state index in [1.54, 1.807) is 0 Å². The fourth-order valence-electron chi connectivity index (χ4n) is 7.87. The van der Waals surface area contributed by atoms with Crippen LogP contribution in [0.15, 0.2) is 182 Å². The molecule has 0 aromatic heterocycles. The van der Waals surface area contributed by atoms with Gasteiger partial charge in [0.2, 0.25) is 0 Å². The predicted molar refractivity (Wildman–Crippen MR) is 216 cm³/mol. The summed E-state index contributed by atoms with van der Waals surface area (Å²) in [4.78, 5) is 4.89. The van der Waals surface area contributed by atoms with Crippen molar-refractivity contribution in [1.29, 1.82) is 0 Å². The molecule has 0 aliphatic heterocycles. The summed E-state index contributed by atoms with van der Waals surface area (Å²) in [7, 11) is 2.19. The largest absolute Gasteiger partial charge is 0.344 e. The van der Waals surface area contributed by atoms with Crippen molar-refractivity contribution in [1.82, 2.24) is 0 Å². The number of hydrogen-bond donors (Lipinski definition) is 0. The Labute approximate surface area is 293 Å². The molecule has 2 heteroatoms. The van der Waals surface area contributed by atoms with Crippen LogP contribution in [-0.4, -0.2) is 13.6 Å². The zero-order chi connectivity index (χ0) is 33.4. The first kappa shape index (κ1) is 30.0. The van der Waals surface area contributed by atoms with E-state index in [1.165, 1.54) is 77.0 Å². The fourth-order valence-corrected chi connectivity index (χ4v) is 7.87. The molecule has 0 radical (unpaired) electrons. The van der Waals surface area contributed by atoms with Crippen molar-refractivity contribution in [3.05, 3.63) is 188 Å². The van der Waals surface area contributed by atoms with E-state index in [0.717, 1.165) is 13.0 Å². The number of allylic oxidation sites excluding steroid dienone is 3. The number of benzene rings is 8. The summed E-state index contributed by atoms with van der Waals surface area (Å²) in [6.07, 6.45) is 8.14. The Morgan fingerprint density at radius 1 is 0.520 bits per heavy atom. The summed E-state index contributed by atoms with van der Waals surface area (Å²) in [6, 6.07) is 59.7. The van der Waals surface area contributed by atoms with Crippen LogP contribution in [0.3, 0.4) is 0 Å². The Balaban J connectivity index is 1.06. The minimum Gasteiger partial charge on any atom is -0.344 e. The van der Waals surface area contributed by atoms with Gasteiger partial charge >= 0.3 is 0 Å². The van der Waals surface area contributed by atoms with Gasteiger partial charge in [-0.05, 0) is 75.4 Å². The van der Waals surface area contributed by atoms with E-state index in [9.17, 15) is 0 Å². The first-order valence-electron chi connectivity index (χ1n) is 17.6. The lowest BCUT2D eigenvalue weighted by Crippen LogP contribution is -2.25. The number of fused-ring (bicyclic) bond motifs is 4. The van der Waals surface area contributed by atoms with Crippen molar-refractivity contribution in [3.8, 4) is 0 Å². The van der Waals surface area contributed by atoms with Gasteiger partial charge in [0.05, 0.1) is 5.69 Å².